The molecule has 0 aromatic heterocycles. The Balaban J connectivity index is 0.000000479. The monoisotopic (exact) mass is 596 g/mol. The maximum atomic E-state index is 13.1. The first-order valence-corrected chi connectivity index (χ1v) is 14.9. The lowest BCUT2D eigenvalue weighted by molar-refractivity contribution is -0.171. The molecule has 9 nitrogen and oxygen atoms in total. The average Bonchev–Trinajstić information content (AvgIpc) is 3.02. The van der Waals surface area contributed by atoms with Crippen LogP contribution < -0.4 is 5.32 Å². The van der Waals surface area contributed by atoms with Crippen molar-refractivity contribution in [3.8, 4) is 5.75 Å². The number of carbonyl (C=O) groups is 2. The standard InChI is InChI=1S/C28H36N6O2.C7H8O/c1-5-14-33-16-15-31-21-27(35)32(19-24-12-9-13-25(17-24)28(36)30(3)4)20-26(31)34(33)22(2)29-18-23-10-7-6-8-11-23;1-6-2-4-7(8)5-3-6/h5-13,17,26,29H,1-2,14-16,18-21H2,3-4H3;2-5,8H,1H3. The summed E-state index contributed by atoms with van der Waals surface area (Å²) in [7, 11) is 3.48. The molecule has 44 heavy (non-hydrogen) atoms. The summed E-state index contributed by atoms with van der Waals surface area (Å²) >= 11 is 0. The highest BCUT2D eigenvalue weighted by Gasteiger charge is 2.41. The van der Waals surface area contributed by atoms with E-state index in [1.165, 1.54) is 11.1 Å². The molecule has 1 unspecified atom stereocenters. The van der Waals surface area contributed by atoms with Gasteiger partial charge in [0.1, 0.15) is 17.7 Å². The largest absolute Gasteiger partial charge is 0.508 e. The Morgan fingerprint density at radius 3 is 2.39 bits per heavy atom. The number of hydrogen-bond acceptors (Lipinski definition) is 7. The summed E-state index contributed by atoms with van der Waals surface area (Å²) in [6, 6.07) is 24.9. The van der Waals surface area contributed by atoms with Crippen molar-refractivity contribution in [2.24, 2.45) is 0 Å². The second kappa shape index (κ2) is 15.2. The summed E-state index contributed by atoms with van der Waals surface area (Å²) in [5.74, 6) is 1.17. The van der Waals surface area contributed by atoms with Crippen LogP contribution in [-0.2, 0) is 17.9 Å². The Bertz CT molecular complexity index is 1400. The third kappa shape index (κ3) is 8.49. The highest BCUT2D eigenvalue weighted by atomic mass is 16.3. The summed E-state index contributed by atoms with van der Waals surface area (Å²) in [6.45, 7) is 14.6. The fraction of sp³-hybridized carbons (Fsp3) is 0.314. The number of aromatic hydroxyl groups is 1. The highest BCUT2D eigenvalue weighted by molar-refractivity contribution is 5.94. The van der Waals surface area contributed by atoms with Gasteiger partial charge in [-0.1, -0.05) is 72.8 Å². The van der Waals surface area contributed by atoms with E-state index in [0.717, 1.165) is 24.5 Å². The smallest absolute Gasteiger partial charge is 0.253 e. The van der Waals surface area contributed by atoms with Crippen LogP contribution in [0.4, 0.5) is 0 Å². The van der Waals surface area contributed by atoms with Crippen LogP contribution in [0.5, 0.6) is 5.75 Å². The van der Waals surface area contributed by atoms with Crippen LogP contribution in [0.2, 0.25) is 0 Å². The summed E-state index contributed by atoms with van der Waals surface area (Å²) < 4.78 is 0. The van der Waals surface area contributed by atoms with Crippen molar-refractivity contribution in [1.29, 1.82) is 0 Å². The Morgan fingerprint density at radius 1 is 1.02 bits per heavy atom. The molecule has 5 rings (SSSR count). The number of amides is 2. The van der Waals surface area contributed by atoms with Gasteiger partial charge in [0.05, 0.1) is 13.1 Å². The average molecular weight is 597 g/mol. The van der Waals surface area contributed by atoms with E-state index < -0.39 is 0 Å². The van der Waals surface area contributed by atoms with Crippen LogP contribution in [0, 0.1) is 6.92 Å². The normalized spacial score (nSPS) is 16.8. The zero-order valence-corrected chi connectivity index (χ0v) is 26.0. The second-order valence-electron chi connectivity index (χ2n) is 11.3. The lowest BCUT2D eigenvalue weighted by Gasteiger charge is -2.54. The van der Waals surface area contributed by atoms with Gasteiger partial charge < -0.3 is 20.2 Å². The number of piperazine rings is 1. The van der Waals surface area contributed by atoms with E-state index in [-0.39, 0.29) is 18.0 Å². The maximum Gasteiger partial charge on any atom is 0.253 e. The molecule has 2 aliphatic heterocycles. The molecular weight excluding hydrogens is 552 g/mol. The number of phenols is 1. The number of rotatable bonds is 9. The molecule has 2 saturated heterocycles. The number of nitrogens with zero attached hydrogens (tertiary/aromatic N) is 5. The Hall–Kier alpha value is -4.60. The lowest BCUT2D eigenvalue weighted by Crippen LogP contribution is -2.70. The van der Waals surface area contributed by atoms with Gasteiger partial charge in [-0.2, -0.15) is 0 Å². The SMILES string of the molecule is C=CCN1CCN2CC(=O)N(Cc3cccc(C(=O)N(C)C)c3)CC2N1C(=C)NCc1ccccc1.Cc1ccc(O)cc1. The fourth-order valence-electron chi connectivity index (χ4n) is 5.33. The number of aryl methyl sites for hydroxylation is 1. The topological polar surface area (TPSA) is 82.6 Å². The van der Waals surface area contributed by atoms with Gasteiger partial charge in [0.25, 0.3) is 5.91 Å². The molecule has 3 aromatic rings. The van der Waals surface area contributed by atoms with Gasteiger partial charge >= 0.3 is 0 Å². The van der Waals surface area contributed by atoms with Gasteiger partial charge in [-0.3, -0.25) is 19.5 Å². The van der Waals surface area contributed by atoms with E-state index in [2.05, 4.69) is 45.5 Å². The third-order valence-electron chi connectivity index (χ3n) is 7.67. The number of phenolic OH excluding ortho intramolecular Hbond substituents is 1. The quantitative estimate of drug-likeness (QED) is 0.361. The predicted octanol–water partition coefficient (Wildman–Crippen LogP) is 4.04. The van der Waals surface area contributed by atoms with Crippen LogP contribution in [-0.4, -0.2) is 94.6 Å². The molecular formula is C35H44N6O3. The zero-order valence-electron chi connectivity index (χ0n) is 26.0. The zero-order chi connectivity index (χ0) is 31.6. The molecule has 2 aliphatic rings. The first kappa shape index (κ1) is 32.3. The molecule has 0 bridgehead atoms. The molecule has 0 spiro atoms. The van der Waals surface area contributed by atoms with Gasteiger partial charge in [-0.25, -0.2) is 5.01 Å². The van der Waals surface area contributed by atoms with Gasteiger partial charge in [-0.05, 0) is 42.3 Å². The fourth-order valence-corrected chi connectivity index (χ4v) is 5.33. The molecule has 0 radical (unpaired) electrons. The molecule has 2 heterocycles. The van der Waals surface area contributed by atoms with Crippen molar-refractivity contribution < 1.29 is 14.7 Å². The minimum atomic E-state index is -0.0488. The summed E-state index contributed by atoms with van der Waals surface area (Å²) in [4.78, 5) is 31.2. The Morgan fingerprint density at radius 2 is 1.73 bits per heavy atom. The molecule has 1 atom stereocenters. The first-order valence-electron chi connectivity index (χ1n) is 14.9. The number of hydrazine groups is 1. The van der Waals surface area contributed by atoms with Crippen molar-refractivity contribution in [2.75, 3.05) is 46.8 Å². The Labute approximate surface area is 261 Å². The molecule has 232 valence electrons. The molecule has 9 heteroatoms. The molecule has 0 aliphatic carbocycles. The van der Waals surface area contributed by atoms with Crippen LogP contribution in [0.1, 0.15) is 27.0 Å². The van der Waals surface area contributed by atoms with Gasteiger partial charge in [0.15, 0.2) is 0 Å². The van der Waals surface area contributed by atoms with Crippen LogP contribution >= 0.6 is 0 Å². The second-order valence-corrected chi connectivity index (χ2v) is 11.3. The molecule has 0 saturated carbocycles. The predicted molar refractivity (Wildman–Crippen MR) is 174 cm³/mol. The van der Waals surface area contributed by atoms with E-state index in [9.17, 15) is 9.59 Å². The number of fused-ring (bicyclic) bond motifs is 1. The van der Waals surface area contributed by atoms with Crippen molar-refractivity contribution in [2.45, 2.75) is 26.2 Å². The summed E-state index contributed by atoms with van der Waals surface area (Å²) in [5, 5.41) is 16.7. The van der Waals surface area contributed by atoms with Crippen molar-refractivity contribution in [1.82, 2.24) is 30.0 Å². The lowest BCUT2D eigenvalue weighted by atomic mass is 10.1. The number of nitrogens with one attached hydrogen (secondary N) is 1. The van der Waals surface area contributed by atoms with Gasteiger partial charge in [0.2, 0.25) is 5.91 Å². The van der Waals surface area contributed by atoms with Crippen LogP contribution in [0.25, 0.3) is 0 Å². The number of carbonyl (C=O) groups excluding carboxylic acids is 2. The van der Waals surface area contributed by atoms with E-state index in [4.69, 9.17) is 5.11 Å². The van der Waals surface area contributed by atoms with Crippen molar-refractivity contribution in [3.63, 3.8) is 0 Å². The van der Waals surface area contributed by atoms with Crippen molar-refractivity contribution >= 4 is 11.8 Å². The molecule has 2 N–H and O–H groups in total. The summed E-state index contributed by atoms with van der Waals surface area (Å²) in [6.07, 6.45) is 1.85. The minimum absolute atomic E-state index is 0.0428. The van der Waals surface area contributed by atoms with Gasteiger partial charge in [0, 0.05) is 52.4 Å². The Kier molecular flexibility index (Phi) is 11.2. The van der Waals surface area contributed by atoms with E-state index in [1.54, 1.807) is 31.1 Å². The van der Waals surface area contributed by atoms with Gasteiger partial charge in [-0.15, -0.1) is 6.58 Å². The molecule has 2 fully saturated rings. The third-order valence-corrected chi connectivity index (χ3v) is 7.67. The van der Waals surface area contributed by atoms with E-state index >= 15 is 0 Å². The van der Waals surface area contributed by atoms with Crippen molar-refractivity contribution in [3.05, 3.63) is 126 Å². The van der Waals surface area contributed by atoms with Crippen LogP contribution in [0.3, 0.4) is 0 Å². The molecule has 2 amide bonds. The number of hydrogen-bond donors (Lipinski definition) is 2. The van der Waals surface area contributed by atoms with E-state index in [0.29, 0.717) is 44.0 Å². The van der Waals surface area contributed by atoms with E-state index in [1.807, 2.05) is 72.5 Å². The molecule has 3 aromatic carbocycles. The number of benzene rings is 3. The minimum Gasteiger partial charge on any atom is -0.508 e. The highest BCUT2D eigenvalue weighted by Crippen LogP contribution is 2.25. The van der Waals surface area contributed by atoms with Crippen LogP contribution in [0.15, 0.2) is 104 Å². The maximum absolute atomic E-state index is 13.1. The first-order chi connectivity index (χ1) is 21.2. The summed E-state index contributed by atoms with van der Waals surface area (Å²) in [5.41, 5.74) is 3.91.